The summed E-state index contributed by atoms with van der Waals surface area (Å²) in [6.45, 7) is 0. The second-order valence-corrected chi connectivity index (χ2v) is 18.9. The van der Waals surface area contributed by atoms with Gasteiger partial charge in [0, 0.05) is 21.5 Å². The first kappa shape index (κ1) is 37.1. The zero-order chi connectivity index (χ0) is 45.0. The number of hydrogen-bond acceptors (Lipinski definition) is 2. The summed E-state index contributed by atoms with van der Waals surface area (Å²) in [6.07, 6.45) is 0. The fraction of sp³-hybridized carbons (Fsp3) is 0.0149. The summed E-state index contributed by atoms with van der Waals surface area (Å²) in [5.74, 6) is 0. The van der Waals surface area contributed by atoms with Gasteiger partial charge in [-0.2, -0.15) is 0 Å². The van der Waals surface area contributed by atoms with E-state index in [0.29, 0.717) is 0 Å². The lowest BCUT2D eigenvalue weighted by Gasteiger charge is -2.30. The molecule has 0 amide bonds. The van der Waals surface area contributed by atoms with Crippen LogP contribution in [0.2, 0.25) is 0 Å². The van der Waals surface area contributed by atoms with E-state index in [1.54, 1.807) is 0 Å². The van der Waals surface area contributed by atoms with Crippen LogP contribution in [-0.4, -0.2) is 0 Å². The lowest BCUT2D eigenvalue weighted by molar-refractivity contribution is 0.668. The van der Waals surface area contributed by atoms with Gasteiger partial charge in [0.05, 0.1) is 5.41 Å². The van der Waals surface area contributed by atoms with Gasteiger partial charge in [-0.1, -0.05) is 188 Å². The topological polar surface area (TPSA) is 26.3 Å². The highest BCUT2D eigenvalue weighted by molar-refractivity contribution is 6.22. The normalized spacial score (nSPS) is 14.7. The van der Waals surface area contributed by atoms with Gasteiger partial charge in [-0.05, 0) is 153 Å². The molecule has 12 aromatic carbocycles. The van der Waals surface area contributed by atoms with Gasteiger partial charge in [-0.3, -0.25) is 0 Å². The Hall–Kier alpha value is -8.98. The zero-order valence-corrected chi connectivity index (χ0v) is 37.3. The van der Waals surface area contributed by atoms with Crippen molar-refractivity contribution in [3.8, 4) is 55.6 Å². The molecule has 1 unspecified atom stereocenters. The fourth-order valence-corrected chi connectivity index (χ4v) is 12.9. The van der Waals surface area contributed by atoms with Gasteiger partial charge in [0.2, 0.25) is 0 Å². The van der Waals surface area contributed by atoms with E-state index < -0.39 is 5.41 Å². The molecule has 0 N–H and O–H groups in total. The molecule has 2 heterocycles. The molecular formula is C67H38O2. The molecule has 2 heteroatoms. The standard InChI is InChI=1S/C67H38O2/c1-2-15-44-39(14-1)30-33-59-65(44)49-18-3-7-25-56(49)67(59)57-26-8-4-19-50(57)66-51(24-13-27-58(66)67)64-47-22-11-20-42(40-31-34-62-54(36-40)45-16-5-9-28-60(45)68-62)52(47)38-53-43(21-12-23-48(53)64)41-32-35-63-55(37-41)46-17-6-10-29-61(46)69-63/h1-38H. The highest BCUT2D eigenvalue weighted by atomic mass is 16.3. The number of furan rings is 2. The second kappa shape index (κ2) is 13.6. The van der Waals surface area contributed by atoms with Gasteiger partial charge < -0.3 is 8.83 Å². The number of rotatable bonds is 3. The first-order valence-electron chi connectivity index (χ1n) is 23.9. The van der Waals surface area contributed by atoms with Crippen LogP contribution in [0.4, 0.5) is 0 Å². The summed E-state index contributed by atoms with van der Waals surface area (Å²) in [4.78, 5) is 0. The molecular weight excluding hydrogens is 837 g/mol. The molecule has 1 atom stereocenters. The van der Waals surface area contributed by atoms with Crippen molar-refractivity contribution in [2.75, 3.05) is 0 Å². The maximum atomic E-state index is 6.35. The minimum Gasteiger partial charge on any atom is -0.456 e. The van der Waals surface area contributed by atoms with Gasteiger partial charge in [0.1, 0.15) is 22.3 Å². The van der Waals surface area contributed by atoms with E-state index in [1.807, 2.05) is 12.1 Å². The summed E-state index contributed by atoms with van der Waals surface area (Å²) in [5, 5.41) is 11.9. The molecule has 318 valence electrons. The average molecular weight is 875 g/mol. The quantitative estimate of drug-likeness (QED) is 0.165. The van der Waals surface area contributed by atoms with Gasteiger partial charge in [-0.15, -0.1) is 0 Å². The molecule has 69 heavy (non-hydrogen) atoms. The first-order chi connectivity index (χ1) is 34.2. The third-order valence-electron chi connectivity index (χ3n) is 15.7. The van der Waals surface area contributed by atoms with Gasteiger partial charge in [-0.25, -0.2) is 0 Å². The predicted octanol–water partition coefficient (Wildman–Crippen LogP) is 18.3. The molecule has 1 spiro atoms. The lowest BCUT2D eigenvalue weighted by Crippen LogP contribution is -2.25. The van der Waals surface area contributed by atoms with Crippen molar-refractivity contribution in [2.45, 2.75) is 5.41 Å². The number of benzene rings is 12. The Balaban J connectivity index is 1.03. The smallest absolute Gasteiger partial charge is 0.135 e. The average Bonchev–Trinajstić information content (AvgIpc) is 4.15. The van der Waals surface area contributed by atoms with Crippen LogP contribution in [0.3, 0.4) is 0 Å². The Morgan fingerprint density at radius 2 is 0.681 bits per heavy atom. The number of hydrogen-bond donors (Lipinski definition) is 0. The van der Waals surface area contributed by atoms with Crippen LogP contribution < -0.4 is 0 Å². The van der Waals surface area contributed by atoms with E-state index in [9.17, 15) is 0 Å². The molecule has 0 fully saturated rings. The summed E-state index contributed by atoms with van der Waals surface area (Å²) < 4.78 is 12.7. The fourth-order valence-electron chi connectivity index (χ4n) is 12.9. The van der Waals surface area contributed by atoms with E-state index in [1.165, 1.54) is 99.1 Å². The third kappa shape index (κ3) is 4.84. The van der Waals surface area contributed by atoms with Crippen molar-refractivity contribution in [1.29, 1.82) is 0 Å². The molecule has 0 saturated heterocycles. The molecule has 2 aromatic heterocycles. The molecule has 0 aliphatic heterocycles. The number of para-hydroxylation sites is 2. The largest absolute Gasteiger partial charge is 0.456 e. The highest BCUT2D eigenvalue weighted by Crippen LogP contribution is 2.65. The Morgan fingerprint density at radius 1 is 0.232 bits per heavy atom. The predicted molar refractivity (Wildman–Crippen MR) is 286 cm³/mol. The van der Waals surface area contributed by atoms with Crippen molar-refractivity contribution in [3.63, 3.8) is 0 Å². The number of fused-ring (bicyclic) bond motifs is 20. The summed E-state index contributed by atoms with van der Waals surface area (Å²) in [7, 11) is 0. The monoisotopic (exact) mass is 874 g/mol. The first-order valence-corrected chi connectivity index (χ1v) is 23.9. The summed E-state index contributed by atoms with van der Waals surface area (Å²) in [6, 6.07) is 85.5. The summed E-state index contributed by atoms with van der Waals surface area (Å²) >= 11 is 0. The van der Waals surface area contributed by atoms with E-state index in [-0.39, 0.29) is 0 Å². The summed E-state index contributed by atoms with van der Waals surface area (Å²) in [5.41, 5.74) is 20.8. The van der Waals surface area contributed by atoms with Crippen LogP contribution in [0, 0.1) is 0 Å². The minimum absolute atomic E-state index is 0.500. The Morgan fingerprint density at radius 3 is 1.32 bits per heavy atom. The SMILES string of the molecule is c1ccc2c(c1)-c1c(-c3c4cccc(-c5ccc6oc7ccccc7c6c5)c4cc4c(-c5ccc6oc7ccccc7c6c5)cccc34)cccc1C21c2ccccc2-c2c1ccc1ccccc21. The second-order valence-electron chi connectivity index (χ2n) is 18.9. The molecule has 0 radical (unpaired) electrons. The maximum absolute atomic E-state index is 6.35. The van der Waals surface area contributed by atoms with Crippen molar-refractivity contribution in [1.82, 2.24) is 0 Å². The van der Waals surface area contributed by atoms with Crippen LogP contribution in [0.5, 0.6) is 0 Å². The highest BCUT2D eigenvalue weighted by Gasteiger charge is 2.52. The minimum atomic E-state index is -0.500. The third-order valence-corrected chi connectivity index (χ3v) is 15.7. The molecule has 2 aliphatic rings. The van der Waals surface area contributed by atoms with Crippen LogP contribution in [0.1, 0.15) is 22.3 Å². The van der Waals surface area contributed by atoms with Crippen LogP contribution in [0.25, 0.3) is 132 Å². The van der Waals surface area contributed by atoms with Crippen LogP contribution in [-0.2, 0) is 5.41 Å². The molecule has 0 saturated carbocycles. The van der Waals surface area contributed by atoms with Gasteiger partial charge >= 0.3 is 0 Å². The van der Waals surface area contributed by atoms with Crippen molar-refractivity contribution in [3.05, 3.63) is 253 Å². The molecule has 2 nitrogen and oxygen atoms in total. The zero-order valence-electron chi connectivity index (χ0n) is 37.3. The lowest BCUT2D eigenvalue weighted by atomic mass is 9.70. The van der Waals surface area contributed by atoms with E-state index in [4.69, 9.17) is 8.83 Å². The van der Waals surface area contributed by atoms with E-state index >= 15 is 0 Å². The van der Waals surface area contributed by atoms with Gasteiger partial charge in [0.15, 0.2) is 0 Å². The molecule has 14 aromatic rings. The molecule has 16 rings (SSSR count). The Labute approximate surface area is 396 Å². The van der Waals surface area contributed by atoms with E-state index in [0.717, 1.165) is 55.0 Å². The van der Waals surface area contributed by atoms with Gasteiger partial charge in [0.25, 0.3) is 0 Å². The Bertz CT molecular complexity index is 4390. The molecule has 2 aliphatic carbocycles. The van der Waals surface area contributed by atoms with Crippen molar-refractivity contribution >= 4 is 76.2 Å². The molecule has 0 bridgehead atoms. The van der Waals surface area contributed by atoms with Crippen LogP contribution in [0.15, 0.2) is 239 Å². The Kier molecular flexibility index (Phi) is 7.30. The van der Waals surface area contributed by atoms with Crippen LogP contribution >= 0.6 is 0 Å². The maximum Gasteiger partial charge on any atom is 0.135 e. The van der Waals surface area contributed by atoms with Crippen molar-refractivity contribution < 1.29 is 8.83 Å². The van der Waals surface area contributed by atoms with Crippen molar-refractivity contribution in [2.24, 2.45) is 0 Å². The van der Waals surface area contributed by atoms with E-state index in [2.05, 4.69) is 218 Å².